The molecule has 0 atom stereocenters. The fourth-order valence-electron chi connectivity index (χ4n) is 11.1. The van der Waals surface area contributed by atoms with Crippen LogP contribution in [0.15, 0.2) is 255 Å². The molecule has 69 heavy (non-hydrogen) atoms. The smallest absolute Gasteiger partial charge is 0.118 e. The van der Waals surface area contributed by atoms with Gasteiger partial charge >= 0.3 is 0 Å². The second kappa shape index (κ2) is 16.7. The van der Waals surface area contributed by atoms with E-state index in [0.717, 1.165) is 33.9 Å². The summed E-state index contributed by atoms with van der Waals surface area (Å²) in [5.41, 5.74) is 17.7. The van der Waals surface area contributed by atoms with Crippen molar-refractivity contribution in [1.29, 1.82) is 0 Å². The summed E-state index contributed by atoms with van der Waals surface area (Å²) >= 11 is 1.90. The lowest BCUT2D eigenvalue weighted by atomic mass is 9.67. The summed E-state index contributed by atoms with van der Waals surface area (Å²) in [6, 6.07) is 93.4. The number of rotatable bonds is 9. The Bertz CT molecular complexity index is 3800. The van der Waals surface area contributed by atoms with Crippen LogP contribution in [0.5, 0.6) is 5.75 Å². The Morgan fingerprint density at radius 1 is 0.348 bits per heavy atom. The van der Waals surface area contributed by atoms with Gasteiger partial charge in [-0.1, -0.05) is 206 Å². The number of fused-ring (bicyclic) bond motifs is 8. The number of thiophene rings is 1. The zero-order valence-electron chi connectivity index (χ0n) is 38.0. The molecule has 0 N–H and O–H groups in total. The molecule has 1 aliphatic carbocycles. The van der Waals surface area contributed by atoms with E-state index in [1.165, 1.54) is 86.6 Å². The van der Waals surface area contributed by atoms with Crippen molar-refractivity contribution < 1.29 is 4.74 Å². The van der Waals surface area contributed by atoms with Crippen molar-refractivity contribution in [2.45, 2.75) is 5.41 Å². The molecule has 1 aromatic heterocycles. The first-order chi connectivity index (χ1) is 34.2. The maximum absolute atomic E-state index is 5.45. The van der Waals surface area contributed by atoms with Crippen LogP contribution in [-0.2, 0) is 5.41 Å². The highest BCUT2D eigenvalue weighted by Crippen LogP contribution is 2.58. The minimum absolute atomic E-state index is 0.456. The van der Waals surface area contributed by atoms with Gasteiger partial charge in [-0.15, -0.1) is 11.3 Å². The predicted octanol–water partition coefficient (Wildman–Crippen LogP) is 18.1. The zero-order chi connectivity index (χ0) is 45.9. The van der Waals surface area contributed by atoms with Crippen LogP contribution in [0.2, 0.25) is 0 Å². The number of anilines is 3. The molecule has 0 radical (unpaired) electrons. The Kier molecular flexibility index (Phi) is 9.85. The van der Waals surface area contributed by atoms with E-state index in [0.29, 0.717) is 0 Å². The number of ether oxygens (including phenoxy) is 1. The van der Waals surface area contributed by atoms with Gasteiger partial charge in [-0.05, 0) is 126 Å². The van der Waals surface area contributed by atoms with Gasteiger partial charge in [0, 0.05) is 37.2 Å². The minimum Gasteiger partial charge on any atom is -0.497 e. The SMILES string of the molecule is COc1ccc(-c2ccc(N(c3ccc(-c4cccc5c4-c4ccccc4C5(c4ccccc4)c4ccccc4)cc3)c3ccc(-c4cccc5c4sc4c6ccccc6ccc54)cc3)cc2)cc1. The molecular formula is C66H45NOS. The highest BCUT2D eigenvalue weighted by molar-refractivity contribution is 7.27. The van der Waals surface area contributed by atoms with Crippen LogP contribution in [0.3, 0.4) is 0 Å². The number of hydrogen-bond acceptors (Lipinski definition) is 3. The third-order valence-electron chi connectivity index (χ3n) is 14.3. The van der Waals surface area contributed by atoms with Gasteiger partial charge in [0.15, 0.2) is 0 Å². The quantitative estimate of drug-likeness (QED) is 0.143. The largest absolute Gasteiger partial charge is 0.497 e. The van der Waals surface area contributed by atoms with E-state index >= 15 is 0 Å². The molecule has 0 spiro atoms. The third kappa shape index (κ3) is 6.61. The topological polar surface area (TPSA) is 12.5 Å². The number of nitrogens with zero attached hydrogens (tertiary/aromatic N) is 1. The molecule has 1 aliphatic rings. The van der Waals surface area contributed by atoms with Gasteiger partial charge < -0.3 is 9.64 Å². The van der Waals surface area contributed by atoms with Gasteiger partial charge in [-0.25, -0.2) is 0 Å². The molecule has 3 heteroatoms. The first-order valence-corrected chi connectivity index (χ1v) is 24.4. The van der Waals surface area contributed by atoms with Crippen molar-refractivity contribution in [1.82, 2.24) is 0 Å². The zero-order valence-corrected chi connectivity index (χ0v) is 38.8. The van der Waals surface area contributed by atoms with Gasteiger partial charge in [0.25, 0.3) is 0 Å². The fourth-order valence-corrected chi connectivity index (χ4v) is 12.5. The van der Waals surface area contributed by atoms with E-state index in [9.17, 15) is 0 Å². The fraction of sp³-hybridized carbons (Fsp3) is 0.0303. The molecule has 0 fully saturated rings. The normalized spacial score (nSPS) is 12.5. The monoisotopic (exact) mass is 899 g/mol. The number of hydrogen-bond donors (Lipinski definition) is 0. The molecule has 12 aromatic rings. The van der Waals surface area contributed by atoms with E-state index in [1.807, 2.05) is 23.5 Å². The lowest BCUT2D eigenvalue weighted by Gasteiger charge is -2.34. The first kappa shape index (κ1) is 40.7. The van der Waals surface area contributed by atoms with Gasteiger partial charge in [0.05, 0.1) is 12.5 Å². The average molecular weight is 900 g/mol. The Hall–Kier alpha value is -8.50. The maximum Gasteiger partial charge on any atom is 0.118 e. The van der Waals surface area contributed by atoms with E-state index in [2.05, 4.69) is 248 Å². The molecular weight excluding hydrogens is 855 g/mol. The average Bonchev–Trinajstić information content (AvgIpc) is 3.97. The summed E-state index contributed by atoms with van der Waals surface area (Å²) in [6.45, 7) is 0. The van der Waals surface area contributed by atoms with Crippen molar-refractivity contribution in [3.63, 3.8) is 0 Å². The Morgan fingerprint density at radius 3 is 1.48 bits per heavy atom. The Morgan fingerprint density at radius 2 is 0.826 bits per heavy atom. The molecule has 1 heterocycles. The van der Waals surface area contributed by atoms with Crippen molar-refractivity contribution in [3.8, 4) is 50.3 Å². The van der Waals surface area contributed by atoms with Crippen LogP contribution < -0.4 is 9.64 Å². The van der Waals surface area contributed by atoms with Crippen LogP contribution in [0.25, 0.3) is 75.5 Å². The summed E-state index contributed by atoms with van der Waals surface area (Å²) in [4.78, 5) is 2.37. The third-order valence-corrected chi connectivity index (χ3v) is 15.6. The van der Waals surface area contributed by atoms with E-state index in [-0.39, 0.29) is 0 Å². The summed E-state index contributed by atoms with van der Waals surface area (Å²) in [5, 5.41) is 5.21. The Labute approximate surface area is 406 Å². The molecule has 326 valence electrons. The Balaban J connectivity index is 0.919. The molecule has 0 bridgehead atoms. The molecule has 13 rings (SSSR count). The lowest BCUT2D eigenvalue weighted by molar-refractivity contribution is 0.415. The van der Waals surface area contributed by atoms with Crippen molar-refractivity contribution in [2.24, 2.45) is 0 Å². The minimum atomic E-state index is -0.456. The molecule has 0 amide bonds. The van der Waals surface area contributed by atoms with Gasteiger partial charge in [0.1, 0.15) is 5.75 Å². The van der Waals surface area contributed by atoms with Crippen LogP contribution in [-0.4, -0.2) is 7.11 Å². The number of benzene rings is 11. The van der Waals surface area contributed by atoms with Crippen molar-refractivity contribution >= 4 is 59.3 Å². The summed E-state index contributed by atoms with van der Waals surface area (Å²) in [6.07, 6.45) is 0. The standard InChI is InChI=1S/C66H45NOS/c1-68-54-41-32-45(33-42-54)44-26-35-51(36-27-44)67(53-39-30-48(31-40-53)57-22-12-23-58-59-43-34-46-14-8-9-19-56(46)65(59)69-64(57)58)52-37-28-47(29-38-52)55-21-13-25-62-63(55)60-20-10-11-24-61(60)66(62,49-15-4-2-5-16-49)50-17-6-3-7-18-50/h2-43H,1H3. The van der Waals surface area contributed by atoms with E-state index < -0.39 is 5.41 Å². The van der Waals surface area contributed by atoms with Crippen LogP contribution >= 0.6 is 11.3 Å². The first-order valence-electron chi connectivity index (χ1n) is 23.6. The lowest BCUT2D eigenvalue weighted by Crippen LogP contribution is -2.28. The van der Waals surface area contributed by atoms with Gasteiger partial charge in [0.2, 0.25) is 0 Å². The summed E-state index contributed by atoms with van der Waals surface area (Å²) in [5.74, 6) is 0.849. The molecule has 2 nitrogen and oxygen atoms in total. The highest BCUT2D eigenvalue weighted by atomic mass is 32.1. The molecule has 0 unspecified atom stereocenters. The van der Waals surface area contributed by atoms with Crippen molar-refractivity contribution in [2.75, 3.05) is 12.0 Å². The summed E-state index contributed by atoms with van der Waals surface area (Å²) < 4.78 is 8.12. The maximum atomic E-state index is 5.45. The van der Waals surface area contributed by atoms with Crippen LogP contribution in [0, 0.1) is 0 Å². The molecule has 0 saturated carbocycles. The number of methoxy groups -OCH3 is 1. The second-order valence-corrected chi connectivity index (χ2v) is 18.9. The molecule has 0 aliphatic heterocycles. The second-order valence-electron chi connectivity index (χ2n) is 17.9. The van der Waals surface area contributed by atoms with Gasteiger partial charge in [-0.3, -0.25) is 0 Å². The van der Waals surface area contributed by atoms with Crippen molar-refractivity contribution in [3.05, 3.63) is 277 Å². The van der Waals surface area contributed by atoms with Gasteiger partial charge in [-0.2, -0.15) is 0 Å². The predicted molar refractivity (Wildman–Crippen MR) is 292 cm³/mol. The molecule has 0 saturated heterocycles. The summed E-state index contributed by atoms with van der Waals surface area (Å²) in [7, 11) is 1.71. The van der Waals surface area contributed by atoms with Crippen LogP contribution in [0.4, 0.5) is 17.1 Å². The molecule has 11 aromatic carbocycles. The van der Waals surface area contributed by atoms with E-state index in [4.69, 9.17) is 4.74 Å². The highest BCUT2D eigenvalue weighted by Gasteiger charge is 2.46. The van der Waals surface area contributed by atoms with E-state index in [1.54, 1.807) is 7.11 Å². The van der Waals surface area contributed by atoms with Crippen LogP contribution in [0.1, 0.15) is 22.3 Å².